The summed E-state index contributed by atoms with van der Waals surface area (Å²) in [7, 11) is 0. The minimum absolute atomic E-state index is 0.103. The number of hydrogen-bond donors (Lipinski definition) is 0. The molecule has 0 radical (unpaired) electrons. The van der Waals surface area contributed by atoms with Crippen LogP contribution in [-0.4, -0.2) is 66.4 Å². The van der Waals surface area contributed by atoms with Crippen molar-refractivity contribution in [2.75, 3.05) is 39.5 Å². The van der Waals surface area contributed by atoms with Gasteiger partial charge in [0.05, 0.1) is 31.3 Å². The first kappa shape index (κ1) is 25.3. The predicted molar refractivity (Wildman–Crippen MR) is 136 cm³/mol. The molecule has 0 atom stereocenters. The molecule has 35 heavy (non-hydrogen) atoms. The van der Waals surface area contributed by atoms with Crippen molar-refractivity contribution < 1.29 is 28.6 Å². The fourth-order valence-corrected chi connectivity index (χ4v) is 4.94. The maximum absolute atomic E-state index is 12.9. The van der Waals surface area contributed by atoms with Crippen LogP contribution in [0.15, 0.2) is 51.8 Å². The highest BCUT2D eigenvalue weighted by Crippen LogP contribution is 2.35. The number of halogens is 1. The monoisotopic (exact) mass is 560 g/mol. The molecule has 184 valence electrons. The van der Waals surface area contributed by atoms with Gasteiger partial charge in [0, 0.05) is 17.6 Å². The number of rotatable bonds is 8. The van der Waals surface area contributed by atoms with Crippen LogP contribution in [0.2, 0.25) is 0 Å². The van der Waals surface area contributed by atoms with E-state index in [0.29, 0.717) is 54.9 Å². The zero-order chi connectivity index (χ0) is 24.8. The van der Waals surface area contributed by atoms with E-state index in [0.717, 1.165) is 21.8 Å². The van der Waals surface area contributed by atoms with Crippen molar-refractivity contribution in [1.82, 2.24) is 9.80 Å². The molecule has 8 nitrogen and oxygen atoms in total. The van der Waals surface area contributed by atoms with Gasteiger partial charge < -0.3 is 19.1 Å². The highest BCUT2D eigenvalue weighted by molar-refractivity contribution is 9.10. The molecule has 2 saturated heterocycles. The van der Waals surface area contributed by atoms with Crippen LogP contribution < -0.4 is 9.47 Å². The summed E-state index contributed by atoms with van der Waals surface area (Å²) in [6, 6.07) is 12.7. The van der Waals surface area contributed by atoms with E-state index in [4.69, 9.17) is 14.2 Å². The molecule has 2 aromatic carbocycles. The van der Waals surface area contributed by atoms with E-state index in [1.165, 1.54) is 4.90 Å². The number of ether oxygens (including phenoxy) is 3. The van der Waals surface area contributed by atoms with Crippen molar-refractivity contribution >= 4 is 50.8 Å². The third kappa shape index (κ3) is 6.45. The first-order valence-corrected chi connectivity index (χ1v) is 12.8. The lowest BCUT2D eigenvalue weighted by Gasteiger charge is -2.26. The molecule has 0 saturated carbocycles. The summed E-state index contributed by atoms with van der Waals surface area (Å²) in [5, 5.41) is -0.312. The molecular formula is C25H25BrN2O6S. The molecule has 0 N–H and O–H groups in total. The quantitative estimate of drug-likeness (QED) is 0.444. The summed E-state index contributed by atoms with van der Waals surface area (Å²) in [5.74, 6) is 0.450. The van der Waals surface area contributed by atoms with Crippen LogP contribution in [-0.2, 0) is 20.9 Å². The molecule has 2 aliphatic rings. The minimum atomic E-state index is -0.339. The molecule has 2 fully saturated rings. The number of thioether (sulfide) groups is 1. The van der Waals surface area contributed by atoms with Crippen molar-refractivity contribution in [3.8, 4) is 11.5 Å². The zero-order valence-electron chi connectivity index (χ0n) is 19.2. The second kappa shape index (κ2) is 11.7. The van der Waals surface area contributed by atoms with Crippen LogP contribution in [0.3, 0.4) is 0 Å². The van der Waals surface area contributed by atoms with Crippen molar-refractivity contribution in [2.24, 2.45) is 0 Å². The third-order valence-corrected chi connectivity index (χ3v) is 6.78. The van der Waals surface area contributed by atoms with E-state index in [-0.39, 0.29) is 30.2 Å². The molecule has 4 rings (SSSR count). The van der Waals surface area contributed by atoms with Crippen LogP contribution in [0.4, 0.5) is 4.79 Å². The number of benzene rings is 2. The van der Waals surface area contributed by atoms with Gasteiger partial charge in [-0.1, -0.05) is 34.1 Å². The van der Waals surface area contributed by atoms with Gasteiger partial charge in [-0.05, 0) is 60.2 Å². The lowest BCUT2D eigenvalue weighted by molar-refractivity contribution is -0.137. The summed E-state index contributed by atoms with van der Waals surface area (Å²) in [5.41, 5.74) is 1.54. The van der Waals surface area contributed by atoms with E-state index in [9.17, 15) is 14.4 Å². The summed E-state index contributed by atoms with van der Waals surface area (Å²) in [6.07, 6.45) is 1.66. The minimum Gasteiger partial charge on any atom is -0.490 e. The highest BCUT2D eigenvalue weighted by Gasteiger charge is 2.35. The molecule has 0 aliphatic carbocycles. The maximum Gasteiger partial charge on any atom is 0.293 e. The summed E-state index contributed by atoms with van der Waals surface area (Å²) >= 11 is 4.32. The van der Waals surface area contributed by atoms with E-state index < -0.39 is 0 Å². The zero-order valence-corrected chi connectivity index (χ0v) is 21.6. The third-order valence-electron chi connectivity index (χ3n) is 5.38. The van der Waals surface area contributed by atoms with Crippen LogP contribution in [0.5, 0.6) is 11.5 Å². The average Bonchev–Trinajstić information content (AvgIpc) is 3.11. The standard InChI is InChI=1S/C25H25BrN2O6S/c1-2-33-21-13-17(6-7-20(21)34-16-23(29)27-8-10-32-11-9-27)14-22-24(30)28(25(31)35-22)15-18-4-3-5-19(26)12-18/h3-7,12-14H,2,8-11,15-16H2,1H3/b22-14-. The average molecular weight is 561 g/mol. The van der Waals surface area contributed by atoms with Crippen molar-refractivity contribution in [2.45, 2.75) is 13.5 Å². The van der Waals surface area contributed by atoms with Gasteiger partial charge in [0.25, 0.3) is 17.1 Å². The first-order chi connectivity index (χ1) is 16.9. The molecule has 2 aromatic rings. The Kier molecular flexibility index (Phi) is 8.48. The van der Waals surface area contributed by atoms with Crippen LogP contribution in [0.1, 0.15) is 18.1 Å². The number of imide groups is 1. The Morgan fingerprint density at radius 2 is 1.91 bits per heavy atom. The Hall–Kier alpha value is -2.82. The van der Waals surface area contributed by atoms with Crippen LogP contribution in [0.25, 0.3) is 6.08 Å². The van der Waals surface area contributed by atoms with Crippen molar-refractivity contribution in [3.63, 3.8) is 0 Å². The van der Waals surface area contributed by atoms with Crippen molar-refractivity contribution in [1.29, 1.82) is 0 Å². The highest BCUT2D eigenvalue weighted by atomic mass is 79.9. The summed E-state index contributed by atoms with van der Waals surface area (Å²) in [6.45, 7) is 4.51. The fraction of sp³-hybridized carbons (Fsp3) is 0.320. The number of hydrogen-bond acceptors (Lipinski definition) is 7. The number of nitrogens with zero attached hydrogens (tertiary/aromatic N) is 2. The fourth-order valence-electron chi connectivity index (χ4n) is 3.65. The van der Waals surface area contributed by atoms with Crippen LogP contribution in [0, 0.1) is 0 Å². The van der Waals surface area contributed by atoms with E-state index in [1.54, 1.807) is 29.2 Å². The first-order valence-electron chi connectivity index (χ1n) is 11.2. The Labute approximate surface area is 216 Å². The molecule has 10 heteroatoms. The summed E-state index contributed by atoms with van der Waals surface area (Å²) in [4.78, 5) is 41.1. The molecule has 0 bridgehead atoms. The normalized spacial score (nSPS) is 17.3. The number of amides is 3. The Morgan fingerprint density at radius 1 is 1.11 bits per heavy atom. The Bertz CT molecular complexity index is 1150. The van der Waals surface area contributed by atoms with Gasteiger partial charge in [0.2, 0.25) is 0 Å². The summed E-state index contributed by atoms with van der Waals surface area (Å²) < 4.78 is 17.6. The van der Waals surface area contributed by atoms with Gasteiger partial charge in [0.1, 0.15) is 0 Å². The van der Waals surface area contributed by atoms with Gasteiger partial charge >= 0.3 is 0 Å². The largest absolute Gasteiger partial charge is 0.490 e. The molecule has 0 aromatic heterocycles. The molecular weight excluding hydrogens is 536 g/mol. The van der Waals surface area contributed by atoms with E-state index >= 15 is 0 Å². The topological polar surface area (TPSA) is 85.4 Å². The van der Waals surface area contributed by atoms with Gasteiger partial charge in [-0.25, -0.2) is 0 Å². The second-order valence-electron chi connectivity index (χ2n) is 7.82. The van der Waals surface area contributed by atoms with Crippen molar-refractivity contribution in [3.05, 3.63) is 63.0 Å². The van der Waals surface area contributed by atoms with Gasteiger partial charge in [-0.2, -0.15) is 0 Å². The van der Waals surface area contributed by atoms with Gasteiger partial charge in [-0.3, -0.25) is 19.3 Å². The molecule has 0 spiro atoms. The Morgan fingerprint density at radius 3 is 2.66 bits per heavy atom. The number of carbonyl (C=O) groups excluding carboxylic acids is 3. The SMILES string of the molecule is CCOc1cc(/C=C2\SC(=O)N(Cc3cccc(Br)c3)C2=O)ccc1OCC(=O)N1CCOCC1. The van der Waals surface area contributed by atoms with E-state index in [1.807, 2.05) is 31.2 Å². The van der Waals surface area contributed by atoms with Crippen LogP contribution >= 0.6 is 27.7 Å². The van der Waals surface area contributed by atoms with Gasteiger partial charge in [0.15, 0.2) is 18.1 Å². The predicted octanol–water partition coefficient (Wildman–Crippen LogP) is 4.32. The smallest absolute Gasteiger partial charge is 0.293 e. The molecule has 2 heterocycles. The maximum atomic E-state index is 12.9. The number of morpholine rings is 1. The number of carbonyl (C=O) groups is 3. The van der Waals surface area contributed by atoms with Gasteiger partial charge in [-0.15, -0.1) is 0 Å². The lowest BCUT2D eigenvalue weighted by Crippen LogP contribution is -2.43. The second-order valence-corrected chi connectivity index (χ2v) is 9.73. The molecule has 0 unspecified atom stereocenters. The molecule has 2 aliphatic heterocycles. The Balaban J connectivity index is 1.45. The van der Waals surface area contributed by atoms with E-state index in [2.05, 4.69) is 15.9 Å². The molecule has 3 amide bonds. The lowest BCUT2D eigenvalue weighted by atomic mass is 10.1.